The molecule has 1 aliphatic carbocycles. The highest BCUT2D eigenvalue weighted by molar-refractivity contribution is 7.86. The van der Waals surface area contributed by atoms with Crippen molar-refractivity contribution in [2.24, 2.45) is 17.6 Å². The van der Waals surface area contributed by atoms with Gasteiger partial charge in [-0.25, -0.2) is 0 Å². The zero-order valence-corrected chi connectivity index (χ0v) is 13.4. The highest BCUT2D eigenvalue weighted by atomic mass is 35.5. The third-order valence-corrected chi connectivity index (χ3v) is 6.17. The van der Waals surface area contributed by atoms with Crippen LogP contribution in [-0.4, -0.2) is 49.8 Å². The summed E-state index contributed by atoms with van der Waals surface area (Å²) in [5.74, 6) is 0.927. The fourth-order valence-electron chi connectivity index (χ4n) is 2.83. The number of hydrogen-bond acceptors (Lipinski definition) is 3. The summed E-state index contributed by atoms with van der Waals surface area (Å²) >= 11 is 0. The van der Waals surface area contributed by atoms with Crippen molar-refractivity contribution in [2.75, 3.05) is 26.7 Å². The molecule has 2 aliphatic rings. The lowest BCUT2D eigenvalue weighted by molar-refractivity contribution is 0.246. The van der Waals surface area contributed by atoms with Gasteiger partial charge in [-0.05, 0) is 37.5 Å². The molecule has 0 aromatic heterocycles. The van der Waals surface area contributed by atoms with E-state index in [-0.39, 0.29) is 18.4 Å². The largest absolute Gasteiger partial charge is 0.329 e. The molecular formula is C12H26ClN3O2S. The third-order valence-electron chi connectivity index (χ3n) is 4.18. The molecule has 19 heavy (non-hydrogen) atoms. The molecule has 0 amide bonds. The summed E-state index contributed by atoms with van der Waals surface area (Å²) in [6.45, 7) is 3.83. The first kappa shape index (κ1) is 17.2. The third kappa shape index (κ3) is 3.82. The number of piperidine rings is 1. The minimum Gasteiger partial charge on any atom is -0.329 e. The van der Waals surface area contributed by atoms with Gasteiger partial charge in [0.15, 0.2) is 0 Å². The van der Waals surface area contributed by atoms with E-state index in [4.69, 9.17) is 5.73 Å². The lowest BCUT2D eigenvalue weighted by Gasteiger charge is -2.36. The van der Waals surface area contributed by atoms with Gasteiger partial charge in [0.2, 0.25) is 0 Å². The van der Waals surface area contributed by atoms with Crippen LogP contribution in [0, 0.1) is 11.8 Å². The SMILES string of the molecule is CC1CCCN(S(=O)(=O)N(C)C(CN)C2CC2)C1.Cl. The van der Waals surface area contributed by atoms with E-state index in [0.717, 1.165) is 25.7 Å². The Morgan fingerprint density at radius 3 is 2.47 bits per heavy atom. The van der Waals surface area contributed by atoms with E-state index in [1.54, 1.807) is 11.4 Å². The minimum absolute atomic E-state index is 0. The van der Waals surface area contributed by atoms with Crippen LogP contribution in [0.15, 0.2) is 0 Å². The Hall–Kier alpha value is 0.120. The van der Waals surface area contributed by atoms with Crippen LogP contribution in [0.5, 0.6) is 0 Å². The fraction of sp³-hybridized carbons (Fsp3) is 1.00. The quantitative estimate of drug-likeness (QED) is 0.825. The molecule has 2 rings (SSSR count). The monoisotopic (exact) mass is 311 g/mol. The van der Waals surface area contributed by atoms with Crippen molar-refractivity contribution >= 4 is 22.6 Å². The van der Waals surface area contributed by atoms with Gasteiger partial charge < -0.3 is 5.73 Å². The summed E-state index contributed by atoms with van der Waals surface area (Å²) < 4.78 is 28.3. The van der Waals surface area contributed by atoms with Gasteiger partial charge in [0.1, 0.15) is 0 Å². The normalized spacial score (nSPS) is 27.1. The molecule has 1 heterocycles. The van der Waals surface area contributed by atoms with Gasteiger partial charge in [-0.3, -0.25) is 0 Å². The summed E-state index contributed by atoms with van der Waals surface area (Å²) in [5.41, 5.74) is 5.74. The highest BCUT2D eigenvalue weighted by Crippen LogP contribution is 2.36. The zero-order chi connectivity index (χ0) is 13.3. The predicted molar refractivity (Wildman–Crippen MR) is 79.5 cm³/mol. The van der Waals surface area contributed by atoms with Gasteiger partial charge in [0.05, 0.1) is 0 Å². The van der Waals surface area contributed by atoms with Crippen molar-refractivity contribution in [1.29, 1.82) is 0 Å². The second-order valence-corrected chi connectivity index (χ2v) is 7.76. The smallest absolute Gasteiger partial charge is 0.282 e. The van der Waals surface area contributed by atoms with Crippen LogP contribution >= 0.6 is 12.4 Å². The maximum Gasteiger partial charge on any atom is 0.282 e. The van der Waals surface area contributed by atoms with Crippen LogP contribution in [0.25, 0.3) is 0 Å². The number of likely N-dealkylation sites (N-methyl/N-ethyl adjacent to an activating group) is 1. The molecule has 2 N–H and O–H groups in total. The van der Waals surface area contributed by atoms with Crippen molar-refractivity contribution in [3.8, 4) is 0 Å². The summed E-state index contributed by atoms with van der Waals surface area (Å²) in [7, 11) is -1.64. The maximum atomic E-state index is 12.6. The number of nitrogens with two attached hydrogens (primary N) is 1. The molecule has 0 bridgehead atoms. The fourth-order valence-corrected chi connectivity index (χ4v) is 4.60. The summed E-state index contributed by atoms with van der Waals surface area (Å²) in [5, 5.41) is 0. The molecular weight excluding hydrogens is 286 g/mol. The first-order valence-corrected chi connectivity index (χ1v) is 8.29. The van der Waals surface area contributed by atoms with Crippen LogP contribution in [0.4, 0.5) is 0 Å². The first-order valence-electron chi connectivity index (χ1n) is 6.90. The van der Waals surface area contributed by atoms with E-state index in [9.17, 15) is 8.42 Å². The highest BCUT2D eigenvalue weighted by Gasteiger charge is 2.40. The summed E-state index contributed by atoms with van der Waals surface area (Å²) in [6, 6.07) is -0.0211. The van der Waals surface area contributed by atoms with Gasteiger partial charge in [0, 0.05) is 32.7 Å². The van der Waals surface area contributed by atoms with E-state index in [1.165, 1.54) is 4.31 Å². The molecule has 1 saturated carbocycles. The topological polar surface area (TPSA) is 66.6 Å². The van der Waals surface area contributed by atoms with E-state index in [0.29, 0.717) is 31.5 Å². The Morgan fingerprint density at radius 2 is 2.00 bits per heavy atom. The van der Waals surface area contributed by atoms with Crippen LogP contribution < -0.4 is 5.73 Å². The molecule has 0 radical (unpaired) electrons. The number of halogens is 1. The molecule has 0 aromatic carbocycles. The number of hydrogen-bond donors (Lipinski definition) is 1. The van der Waals surface area contributed by atoms with Gasteiger partial charge in [-0.15, -0.1) is 12.4 Å². The lowest BCUT2D eigenvalue weighted by atomic mass is 10.0. The predicted octanol–water partition coefficient (Wildman–Crippen LogP) is 1.05. The van der Waals surface area contributed by atoms with E-state index >= 15 is 0 Å². The molecule has 2 atom stereocenters. The van der Waals surface area contributed by atoms with Gasteiger partial charge in [-0.2, -0.15) is 17.0 Å². The zero-order valence-electron chi connectivity index (χ0n) is 11.8. The Kier molecular flexibility index (Phi) is 6.07. The Labute approximate surface area is 123 Å². The molecule has 1 aliphatic heterocycles. The van der Waals surface area contributed by atoms with Crippen LogP contribution in [0.3, 0.4) is 0 Å². The van der Waals surface area contributed by atoms with Crippen molar-refractivity contribution in [1.82, 2.24) is 8.61 Å². The maximum absolute atomic E-state index is 12.6. The second kappa shape index (κ2) is 6.72. The molecule has 1 saturated heterocycles. The van der Waals surface area contributed by atoms with Crippen LogP contribution in [-0.2, 0) is 10.2 Å². The van der Waals surface area contributed by atoms with E-state index < -0.39 is 10.2 Å². The average molecular weight is 312 g/mol. The van der Waals surface area contributed by atoms with Crippen molar-refractivity contribution in [3.05, 3.63) is 0 Å². The number of rotatable bonds is 5. The van der Waals surface area contributed by atoms with E-state index in [2.05, 4.69) is 6.92 Å². The van der Waals surface area contributed by atoms with Crippen molar-refractivity contribution in [2.45, 2.75) is 38.6 Å². The first-order chi connectivity index (χ1) is 8.46. The molecule has 0 aromatic rings. The van der Waals surface area contributed by atoms with Gasteiger partial charge in [0.25, 0.3) is 10.2 Å². The summed E-state index contributed by atoms with van der Waals surface area (Å²) in [6.07, 6.45) is 4.31. The minimum atomic E-state index is -3.32. The van der Waals surface area contributed by atoms with Crippen molar-refractivity contribution < 1.29 is 8.42 Å². The lowest BCUT2D eigenvalue weighted by Crippen LogP contribution is -2.52. The Balaban J connectivity index is 0.00000180. The Bertz CT molecular complexity index is 386. The van der Waals surface area contributed by atoms with E-state index in [1.807, 2.05) is 0 Å². The van der Waals surface area contributed by atoms with Crippen molar-refractivity contribution in [3.63, 3.8) is 0 Å². The second-order valence-electron chi connectivity index (χ2n) is 5.77. The average Bonchev–Trinajstić information content (AvgIpc) is 3.14. The molecule has 5 nitrogen and oxygen atoms in total. The van der Waals surface area contributed by atoms with Crippen LogP contribution in [0.1, 0.15) is 32.6 Å². The molecule has 2 unspecified atom stereocenters. The van der Waals surface area contributed by atoms with Crippen LogP contribution in [0.2, 0.25) is 0 Å². The molecule has 7 heteroatoms. The molecule has 2 fully saturated rings. The standard InChI is InChI=1S/C12H25N3O2S.ClH/c1-10-4-3-7-15(9-10)18(16,17)14(2)12(8-13)11-5-6-11;/h10-12H,3-9,13H2,1-2H3;1H. The van der Waals surface area contributed by atoms with Gasteiger partial charge in [-0.1, -0.05) is 6.92 Å². The van der Waals surface area contributed by atoms with Gasteiger partial charge >= 0.3 is 0 Å². The number of nitrogens with zero attached hydrogens (tertiary/aromatic N) is 2. The molecule has 114 valence electrons. The summed E-state index contributed by atoms with van der Waals surface area (Å²) in [4.78, 5) is 0. The Morgan fingerprint density at radius 1 is 1.37 bits per heavy atom. The molecule has 0 spiro atoms.